The fourth-order valence-corrected chi connectivity index (χ4v) is 2.79. The van der Waals surface area contributed by atoms with E-state index in [1.807, 2.05) is 4.90 Å². The molecule has 0 aromatic carbocycles. The SMILES string of the molecule is CC(C)[C@@H]1CN(CC(N)=O)CCC(=O)N1CC1CC1. The first-order chi connectivity index (χ1) is 8.97. The largest absolute Gasteiger partial charge is 0.369 e. The molecule has 0 spiro atoms. The van der Waals surface area contributed by atoms with Gasteiger partial charge in [0.25, 0.3) is 0 Å². The van der Waals surface area contributed by atoms with Crippen molar-refractivity contribution in [1.82, 2.24) is 9.80 Å². The van der Waals surface area contributed by atoms with Crippen molar-refractivity contribution in [2.45, 2.75) is 39.2 Å². The molecule has 0 aromatic rings. The Bertz CT molecular complexity index is 353. The molecule has 2 amide bonds. The second-order valence-corrected chi connectivity index (χ2v) is 6.25. The lowest BCUT2D eigenvalue weighted by atomic mass is 10.0. The van der Waals surface area contributed by atoms with Crippen LogP contribution in [0.2, 0.25) is 0 Å². The highest BCUT2D eigenvalue weighted by Crippen LogP contribution is 2.32. The van der Waals surface area contributed by atoms with E-state index in [4.69, 9.17) is 5.73 Å². The first kappa shape index (κ1) is 14.3. The molecule has 0 unspecified atom stereocenters. The number of nitrogens with two attached hydrogens (primary N) is 1. The molecule has 2 aliphatic rings. The van der Waals surface area contributed by atoms with Crippen molar-refractivity contribution < 1.29 is 9.59 Å². The maximum atomic E-state index is 12.3. The molecule has 0 bridgehead atoms. The van der Waals surface area contributed by atoms with E-state index in [1.165, 1.54) is 12.8 Å². The molecule has 2 fully saturated rings. The molecule has 0 aromatic heterocycles. The Morgan fingerprint density at radius 1 is 1.42 bits per heavy atom. The molecule has 5 nitrogen and oxygen atoms in total. The molecule has 1 saturated heterocycles. The third-order valence-corrected chi connectivity index (χ3v) is 4.11. The maximum absolute atomic E-state index is 12.3. The summed E-state index contributed by atoms with van der Waals surface area (Å²) in [5.74, 6) is 1.02. The Morgan fingerprint density at radius 3 is 2.63 bits per heavy atom. The molecule has 1 aliphatic heterocycles. The summed E-state index contributed by atoms with van der Waals surface area (Å²) in [5, 5.41) is 0. The predicted molar refractivity (Wildman–Crippen MR) is 73.3 cm³/mol. The molecule has 1 heterocycles. The highest BCUT2D eigenvalue weighted by Gasteiger charge is 2.35. The number of rotatable bonds is 5. The van der Waals surface area contributed by atoms with Crippen LogP contribution in [0.25, 0.3) is 0 Å². The predicted octanol–water partition coefficient (Wildman–Crippen LogP) is 0.441. The number of hydrogen-bond donors (Lipinski definition) is 1. The van der Waals surface area contributed by atoms with E-state index < -0.39 is 0 Å². The molecule has 108 valence electrons. The Hall–Kier alpha value is -1.10. The van der Waals surface area contributed by atoms with Gasteiger partial charge in [0, 0.05) is 32.1 Å². The van der Waals surface area contributed by atoms with Crippen molar-refractivity contribution in [2.75, 3.05) is 26.2 Å². The third-order valence-electron chi connectivity index (χ3n) is 4.11. The highest BCUT2D eigenvalue weighted by atomic mass is 16.2. The molecule has 1 saturated carbocycles. The maximum Gasteiger partial charge on any atom is 0.231 e. The fourth-order valence-electron chi connectivity index (χ4n) is 2.79. The van der Waals surface area contributed by atoms with Gasteiger partial charge in [0.1, 0.15) is 0 Å². The quantitative estimate of drug-likeness (QED) is 0.786. The summed E-state index contributed by atoms with van der Waals surface area (Å²) >= 11 is 0. The second-order valence-electron chi connectivity index (χ2n) is 6.25. The number of carbonyl (C=O) groups is 2. The molecule has 1 aliphatic carbocycles. The first-order valence-corrected chi connectivity index (χ1v) is 7.27. The number of primary amides is 1. The van der Waals surface area contributed by atoms with Gasteiger partial charge in [-0.3, -0.25) is 14.5 Å². The summed E-state index contributed by atoms with van der Waals surface area (Å²) < 4.78 is 0. The minimum absolute atomic E-state index is 0.204. The number of carbonyl (C=O) groups excluding carboxylic acids is 2. The summed E-state index contributed by atoms with van der Waals surface area (Å²) in [4.78, 5) is 27.5. The Morgan fingerprint density at radius 2 is 2.11 bits per heavy atom. The summed E-state index contributed by atoms with van der Waals surface area (Å²) in [6, 6.07) is 0.204. The highest BCUT2D eigenvalue weighted by molar-refractivity contribution is 5.78. The summed E-state index contributed by atoms with van der Waals surface area (Å²) in [7, 11) is 0. The zero-order chi connectivity index (χ0) is 14.0. The standard InChI is InChI=1S/C14H25N3O2/c1-10(2)12-8-16(9-13(15)18)6-5-14(19)17(12)7-11-3-4-11/h10-12H,3-9H2,1-2H3,(H2,15,18)/t12-/m0/s1. The van der Waals surface area contributed by atoms with Crippen molar-refractivity contribution in [3.05, 3.63) is 0 Å². The van der Waals surface area contributed by atoms with E-state index in [0.29, 0.717) is 24.8 Å². The summed E-state index contributed by atoms with van der Waals surface area (Å²) in [6.07, 6.45) is 3.00. The molecular formula is C14H25N3O2. The van der Waals surface area contributed by atoms with E-state index >= 15 is 0 Å². The van der Waals surface area contributed by atoms with Crippen molar-refractivity contribution >= 4 is 11.8 Å². The van der Waals surface area contributed by atoms with Crippen LogP contribution >= 0.6 is 0 Å². The van der Waals surface area contributed by atoms with Crippen LogP contribution in [0.15, 0.2) is 0 Å². The fraction of sp³-hybridized carbons (Fsp3) is 0.857. The lowest BCUT2D eigenvalue weighted by molar-refractivity contribution is -0.133. The summed E-state index contributed by atoms with van der Waals surface area (Å²) in [6.45, 7) is 6.85. The number of nitrogens with zero attached hydrogens (tertiary/aromatic N) is 2. The van der Waals surface area contributed by atoms with Gasteiger partial charge in [-0.25, -0.2) is 0 Å². The second kappa shape index (κ2) is 5.90. The molecule has 1 atom stereocenters. The van der Waals surface area contributed by atoms with Gasteiger partial charge in [-0.1, -0.05) is 13.8 Å². The monoisotopic (exact) mass is 267 g/mol. The van der Waals surface area contributed by atoms with Crippen LogP contribution in [0.3, 0.4) is 0 Å². The first-order valence-electron chi connectivity index (χ1n) is 7.27. The van der Waals surface area contributed by atoms with Gasteiger partial charge >= 0.3 is 0 Å². The van der Waals surface area contributed by atoms with E-state index in [-0.39, 0.29) is 24.4 Å². The van der Waals surface area contributed by atoms with Gasteiger partial charge in [0.05, 0.1) is 6.54 Å². The van der Waals surface area contributed by atoms with Crippen molar-refractivity contribution in [1.29, 1.82) is 0 Å². The van der Waals surface area contributed by atoms with Gasteiger partial charge in [-0.2, -0.15) is 0 Å². The van der Waals surface area contributed by atoms with E-state index in [9.17, 15) is 9.59 Å². The van der Waals surface area contributed by atoms with E-state index in [1.54, 1.807) is 0 Å². The van der Waals surface area contributed by atoms with Gasteiger partial charge < -0.3 is 10.6 Å². The van der Waals surface area contributed by atoms with Crippen LogP contribution in [0.4, 0.5) is 0 Å². The minimum atomic E-state index is -0.314. The average Bonchev–Trinajstić information content (AvgIpc) is 3.12. The number of hydrogen-bond acceptors (Lipinski definition) is 3. The Balaban J connectivity index is 2.07. The zero-order valence-corrected chi connectivity index (χ0v) is 12.0. The Labute approximate surface area is 115 Å². The zero-order valence-electron chi connectivity index (χ0n) is 12.0. The molecular weight excluding hydrogens is 242 g/mol. The van der Waals surface area contributed by atoms with Crippen LogP contribution in [0.1, 0.15) is 33.1 Å². The van der Waals surface area contributed by atoms with Crippen LogP contribution in [-0.4, -0.2) is 53.8 Å². The van der Waals surface area contributed by atoms with Gasteiger partial charge in [-0.05, 0) is 24.7 Å². The normalized spacial score (nSPS) is 25.7. The van der Waals surface area contributed by atoms with Crippen molar-refractivity contribution in [2.24, 2.45) is 17.6 Å². The van der Waals surface area contributed by atoms with Crippen LogP contribution in [0.5, 0.6) is 0 Å². The van der Waals surface area contributed by atoms with Crippen LogP contribution in [-0.2, 0) is 9.59 Å². The molecule has 2 rings (SSSR count). The smallest absolute Gasteiger partial charge is 0.231 e. The van der Waals surface area contributed by atoms with E-state index in [2.05, 4.69) is 18.7 Å². The van der Waals surface area contributed by atoms with Crippen molar-refractivity contribution in [3.8, 4) is 0 Å². The third kappa shape index (κ3) is 3.93. The number of amides is 2. The van der Waals surface area contributed by atoms with Gasteiger partial charge in [-0.15, -0.1) is 0 Å². The van der Waals surface area contributed by atoms with Crippen LogP contribution in [0, 0.1) is 11.8 Å². The Kier molecular flexibility index (Phi) is 4.45. The lowest BCUT2D eigenvalue weighted by Crippen LogP contribution is -2.48. The molecule has 19 heavy (non-hydrogen) atoms. The lowest BCUT2D eigenvalue weighted by Gasteiger charge is -2.34. The summed E-state index contributed by atoms with van der Waals surface area (Å²) in [5.41, 5.74) is 5.28. The van der Waals surface area contributed by atoms with Gasteiger partial charge in [0.15, 0.2) is 0 Å². The minimum Gasteiger partial charge on any atom is -0.369 e. The van der Waals surface area contributed by atoms with E-state index in [0.717, 1.165) is 13.1 Å². The molecule has 2 N–H and O–H groups in total. The van der Waals surface area contributed by atoms with Crippen LogP contribution < -0.4 is 5.73 Å². The molecule has 0 radical (unpaired) electrons. The average molecular weight is 267 g/mol. The topological polar surface area (TPSA) is 66.6 Å². The van der Waals surface area contributed by atoms with Crippen molar-refractivity contribution in [3.63, 3.8) is 0 Å². The molecule has 5 heteroatoms. The van der Waals surface area contributed by atoms with Gasteiger partial charge in [0.2, 0.25) is 11.8 Å².